The molecule has 28 heavy (non-hydrogen) atoms. The number of nitrogens with one attached hydrogen (secondary N) is 2. The molecule has 8 heteroatoms. The van der Waals surface area contributed by atoms with Crippen molar-refractivity contribution in [3.8, 4) is 5.75 Å². The fraction of sp³-hybridized carbons (Fsp3) is 0.400. The van der Waals surface area contributed by atoms with E-state index in [0.717, 1.165) is 18.9 Å². The molecule has 2 aromatic carbocycles. The van der Waals surface area contributed by atoms with E-state index in [-0.39, 0.29) is 34.9 Å². The van der Waals surface area contributed by atoms with Crippen molar-refractivity contribution < 1.29 is 17.9 Å². The van der Waals surface area contributed by atoms with Crippen molar-refractivity contribution in [1.82, 2.24) is 0 Å². The van der Waals surface area contributed by atoms with Gasteiger partial charge in [-0.2, -0.15) is 4.91 Å². The van der Waals surface area contributed by atoms with E-state index in [1.807, 2.05) is 0 Å². The van der Waals surface area contributed by atoms with Crippen molar-refractivity contribution >= 4 is 17.1 Å². The first-order chi connectivity index (χ1) is 13.4. The van der Waals surface area contributed by atoms with Gasteiger partial charge in [0.05, 0.1) is 19.3 Å². The number of methoxy groups -OCH3 is 1. The van der Waals surface area contributed by atoms with Crippen molar-refractivity contribution in [2.45, 2.75) is 38.1 Å². The van der Waals surface area contributed by atoms with Crippen molar-refractivity contribution in [2.75, 3.05) is 24.3 Å². The van der Waals surface area contributed by atoms with Crippen molar-refractivity contribution in [2.24, 2.45) is 5.18 Å². The summed E-state index contributed by atoms with van der Waals surface area (Å²) in [6.07, 6.45) is 2.86. The third-order valence-corrected chi connectivity index (χ3v) is 4.94. The van der Waals surface area contributed by atoms with Crippen LogP contribution < -0.4 is 15.4 Å². The van der Waals surface area contributed by atoms with Gasteiger partial charge in [0, 0.05) is 11.6 Å². The lowest BCUT2D eigenvalue weighted by Crippen LogP contribution is -2.23. The number of hydrogen-bond donors (Lipinski definition) is 2. The third-order valence-electron chi connectivity index (χ3n) is 4.94. The molecule has 1 saturated carbocycles. The summed E-state index contributed by atoms with van der Waals surface area (Å²) in [7, 11) is 1.35. The Morgan fingerprint density at radius 2 is 1.89 bits per heavy atom. The van der Waals surface area contributed by atoms with Gasteiger partial charge in [-0.15, -0.1) is 0 Å². The van der Waals surface area contributed by atoms with Crippen molar-refractivity contribution in [1.29, 1.82) is 0 Å². The third kappa shape index (κ3) is 4.21. The van der Waals surface area contributed by atoms with Gasteiger partial charge >= 0.3 is 0 Å². The van der Waals surface area contributed by atoms with Gasteiger partial charge in [0.1, 0.15) is 22.9 Å². The van der Waals surface area contributed by atoms with E-state index < -0.39 is 17.5 Å². The highest BCUT2D eigenvalue weighted by atomic mass is 19.2. The van der Waals surface area contributed by atoms with Crippen LogP contribution in [0.2, 0.25) is 0 Å². The molecule has 0 saturated heterocycles. The minimum atomic E-state index is -1.13. The van der Waals surface area contributed by atoms with Crippen LogP contribution in [0.5, 0.6) is 5.75 Å². The Bertz CT molecular complexity index is 885. The Morgan fingerprint density at radius 1 is 1.14 bits per heavy atom. The van der Waals surface area contributed by atoms with E-state index in [1.54, 1.807) is 13.0 Å². The van der Waals surface area contributed by atoms with E-state index in [9.17, 15) is 18.1 Å². The molecule has 0 spiro atoms. The highest BCUT2D eigenvalue weighted by Gasteiger charge is 2.43. The van der Waals surface area contributed by atoms with Crippen LogP contribution >= 0.6 is 0 Å². The smallest absolute Gasteiger partial charge is 0.184 e. The highest BCUT2D eigenvalue weighted by molar-refractivity contribution is 5.81. The Kier molecular flexibility index (Phi) is 5.76. The summed E-state index contributed by atoms with van der Waals surface area (Å²) in [5.74, 6) is -2.71. The fourth-order valence-corrected chi connectivity index (χ4v) is 3.20. The molecular weight excluding hydrogens is 371 g/mol. The van der Waals surface area contributed by atoms with E-state index in [0.29, 0.717) is 18.4 Å². The van der Waals surface area contributed by atoms with Gasteiger partial charge in [0.15, 0.2) is 11.6 Å². The largest absolute Gasteiger partial charge is 0.494 e. The maximum Gasteiger partial charge on any atom is 0.184 e. The standard InChI is InChI=1S/C20H22F3N3O2/c1-12-4-5-15(13(21)10-12)25-19-17(23)14(22)11-16(28-2)18(19)26-20(7-8-20)6-3-9-24-27/h4-5,10-11,25-26H,3,6-9H2,1-2H3. The number of ether oxygens (including phenoxy) is 1. The minimum Gasteiger partial charge on any atom is -0.494 e. The zero-order valence-electron chi connectivity index (χ0n) is 15.7. The second kappa shape index (κ2) is 8.08. The predicted molar refractivity (Wildman–Crippen MR) is 103 cm³/mol. The average molecular weight is 393 g/mol. The maximum atomic E-state index is 14.7. The average Bonchev–Trinajstić information content (AvgIpc) is 3.42. The number of aryl methyl sites for hydroxylation is 1. The van der Waals surface area contributed by atoms with Crippen molar-refractivity contribution in [3.05, 3.63) is 52.2 Å². The second-order valence-electron chi connectivity index (χ2n) is 7.09. The first-order valence-corrected chi connectivity index (χ1v) is 9.05. The maximum absolute atomic E-state index is 14.7. The van der Waals surface area contributed by atoms with Crippen LogP contribution in [0.1, 0.15) is 31.2 Å². The van der Waals surface area contributed by atoms with Gasteiger partial charge < -0.3 is 15.4 Å². The molecule has 0 bridgehead atoms. The molecule has 0 atom stereocenters. The summed E-state index contributed by atoms with van der Waals surface area (Å²) < 4.78 is 48.3. The van der Waals surface area contributed by atoms with E-state index in [1.165, 1.54) is 19.2 Å². The Labute approximate surface area is 161 Å². The zero-order valence-corrected chi connectivity index (χ0v) is 15.7. The number of nitrogens with zero attached hydrogens (tertiary/aromatic N) is 1. The Balaban J connectivity index is 1.98. The molecule has 150 valence electrons. The van der Waals surface area contributed by atoms with Crippen LogP contribution in [0.15, 0.2) is 29.4 Å². The predicted octanol–water partition coefficient (Wildman–Crippen LogP) is 5.66. The summed E-state index contributed by atoms with van der Waals surface area (Å²) >= 11 is 0. The van der Waals surface area contributed by atoms with Gasteiger partial charge in [-0.1, -0.05) is 11.2 Å². The van der Waals surface area contributed by atoms with Crippen LogP contribution in [0.3, 0.4) is 0 Å². The van der Waals surface area contributed by atoms with Crippen LogP contribution in [-0.2, 0) is 0 Å². The molecule has 1 aliphatic carbocycles. The van der Waals surface area contributed by atoms with Gasteiger partial charge in [0.2, 0.25) is 0 Å². The topological polar surface area (TPSA) is 62.7 Å². The molecule has 0 aliphatic heterocycles. The Hall–Kier alpha value is -2.77. The summed E-state index contributed by atoms with van der Waals surface area (Å²) in [5.41, 5.74) is 0.386. The first-order valence-electron chi connectivity index (χ1n) is 9.05. The molecule has 0 unspecified atom stereocenters. The molecular formula is C20H22F3N3O2. The van der Waals surface area contributed by atoms with Gasteiger partial charge in [-0.3, -0.25) is 0 Å². The van der Waals surface area contributed by atoms with Gasteiger partial charge in [-0.05, 0) is 50.3 Å². The SMILES string of the molecule is COc1cc(F)c(F)c(Nc2ccc(C)cc2F)c1NC1(CCCN=O)CC1. The van der Waals surface area contributed by atoms with Crippen LogP contribution in [-0.4, -0.2) is 19.2 Å². The van der Waals surface area contributed by atoms with E-state index >= 15 is 0 Å². The number of rotatable bonds is 9. The molecule has 0 heterocycles. The molecule has 0 amide bonds. The summed E-state index contributed by atoms with van der Waals surface area (Å²) in [6.45, 7) is 1.93. The lowest BCUT2D eigenvalue weighted by Gasteiger charge is -2.24. The monoisotopic (exact) mass is 393 g/mol. The molecule has 1 aliphatic rings. The van der Waals surface area contributed by atoms with Crippen LogP contribution in [0.4, 0.5) is 30.2 Å². The molecule has 5 nitrogen and oxygen atoms in total. The summed E-state index contributed by atoms with van der Waals surface area (Å²) in [4.78, 5) is 10.3. The Morgan fingerprint density at radius 3 is 2.50 bits per heavy atom. The van der Waals surface area contributed by atoms with Gasteiger partial charge in [-0.25, -0.2) is 13.2 Å². The summed E-state index contributed by atoms with van der Waals surface area (Å²) in [6, 6.07) is 5.39. The van der Waals surface area contributed by atoms with Gasteiger partial charge in [0.25, 0.3) is 0 Å². The normalized spacial score (nSPS) is 14.5. The highest BCUT2D eigenvalue weighted by Crippen LogP contribution is 2.48. The molecule has 3 rings (SSSR count). The fourth-order valence-electron chi connectivity index (χ4n) is 3.20. The van der Waals surface area contributed by atoms with E-state index in [2.05, 4.69) is 15.8 Å². The zero-order chi connectivity index (χ0) is 20.3. The molecule has 2 N–H and O–H groups in total. The van der Waals surface area contributed by atoms with Crippen LogP contribution in [0, 0.1) is 29.3 Å². The van der Waals surface area contributed by atoms with Crippen molar-refractivity contribution in [3.63, 3.8) is 0 Å². The molecule has 2 aromatic rings. The molecule has 1 fully saturated rings. The molecule has 0 aromatic heterocycles. The lowest BCUT2D eigenvalue weighted by molar-refractivity contribution is 0.408. The quantitative estimate of drug-likeness (QED) is 0.427. The number of nitroso groups, excluding NO2 is 1. The number of halogens is 3. The van der Waals surface area contributed by atoms with E-state index in [4.69, 9.17) is 4.74 Å². The lowest BCUT2D eigenvalue weighted by atomic mass is 10.1. The van der Waals surface area contributed by atoms with Crippen LogP contribution in [0.25, 0.3) is 0 Å². The molecule has 0 radical (unpaired) electrons. The first kappa shape index (κ1) is 20.0. The second-order valence-corrected chi connectivity index (χ2v) is 7.09. The number of anilines is 3. The minimum absolute atomic E-state index is 0.0233. The summed E-state index contributed by atoms with van der Waals surface area (Å²) in [5, 5.41) is 8.76. The number of benzene rings is 2. The number of hydrogen-bond acceptors (Lipinski definition) is 5.